The number of rotatable bonds is 89. The number of unbranched alkanes of at least 4 members (excludes halogenated alkanes) is 72. The van der Waals surface area contributed by atoms with Crippen LogP contribution in [0.15, 0.2) is 12.1 Å². The molecule has 0 aliphatic carbocycles. The van der Waals surface area contributed by atoms with E-state index in [2.05, 4.69) is 53.7 Å². The van der Waals surface area contributed by atoms with E-state index < -0.39 is 0 Å². The van der Waals surface area contributed by atoms with Crippen LogP contribution < -0.4 is 14.2 Å². The third-order valence-corrected chi connectivity index (χ3v) is 23.3. The molecule has 0 aromatic heterocycles. The standard InChI is InChI=1S/C97H190NO3/c1-7-13-19-25-31-37-43-46-49-52-55-58-61-67-73-79-85-98(86-80-74-68-62-59-56-53-50-47-44-38-32-26-20-14-8-2,87-81-75-69-63-60-57-54-51-48-45-39-33-27-21-15-9-3)93-94-91-95(99-88-82-76-70-64-40-34-28-22-16-10-4)97(101-90-84-78-72-66-42-36-30-24-18-12-6)96(92-94)100-89-83-77-71-65-41-35-29-23-17-11-5/h91-92H,7-90,93H2,1-6H3/q+1. The van der Waals surface area contributed by atoms with Gasteiger partial charge in [0.15, 0.2) is 11.5 Å². The average Bonchev–Trinajstić information content (AvgIpc) is 0.808. The summed E-state index contributed by atoms with van der Waals surface area (Å²) in [6.45, 7) is 21.3. The lowest BCUT2D eigenvalue weighted by molar-refractivity contribution is -0.941. The summed E-state index contributed by atoms with van der Waals surface area (Å²) in [5, 5.41) is 0. The molecular weight excluding hydrogens is 1230 g/mol. The number of quaternary nitrogens is 1. The first-order valence-electron chi connectivity index (χ1n) is 48.0. The van der Waals surface area contributed by atoms with Gasteiger partial charge in [-0.05, 0) is 69.9 Å². The van der Waals surface area contributed by atoms with Crippen LogP contribution in [0.4, 0.5) is 0 Å². The molecule has 0 spiro atoms. The van der Waals surface area contributed by atoms with Gasteiger partial charge < -0.3 is 18.7 Å². The molecule has 0 amide bonds. The van der Waals surface area contributed by atoms with Gasteiger partial charge in [0, 0.05) is 5.56 Å². The maximum Gasteiger partial charge on any atom is 0.203 e. The van der Waals surface area contributed by atoms with E-state index in [0.717, 1.165) is 62.9 Å². The van der Waals surface area contributed by atoms with E-state index in [0.29, 0.717) is 0 Å². The van der Waals surface area contributed by atoms with E-state index >= 15 is 0 Å². The minimum absolute atomic E-state index is 0.747. The maximum atomic E-state index is 7.13. The lowest BCUT2D eigenvalue weighted by atomic mass is 10.0. The van der Waals surface area contributed by atoms with Crippen molar-refractivity contribution in [2.45, 2.75) is 549 Å². The minimum Gasteiger partial charge on any atom is -0.490 e. The largest absolute Gasteiger partial charge is 0.490 e. The van der Waals surface area contributed by atoms with Crippen molar-refractivity contribution in [3.8, 4) is 17.2 Å². The molecule has 4 nitrogen and oxygen atoms in total. The fraction of sp³-hybridized carbons (Fsp3) is 0.938. The van der Waals surface area contributed by atoms with Crippen molar-refractivity contribution in [3.63, 3.8) is 0 Å². The molecule has 0 N–H and O–H groups in total. The van der Waals surface area contributed by atoms with Gasteiger partial charge >= 0.3 is 0 Å². The van der Waals surface area contributed by atoms with Crippen LogP contribution in [0.3, 0.4) is 0 Å². The predicted octanol–water partition coefficient (Wildman–Crippen LogP) is 34.7. The Labute approximate surface area is 638 Å². The van der Waals surface area contributed by atoms with Gasteiger partial charge in [0.05, 0.1) is 39.5 Å². The first kappa shape index (κ1) is 97.6. The second-order valence-electron chi connectivity index (χ2n) is 33.6. The van der Waals surface area contributed by atoms with Gasteiger partial charge in [-0.3, -0.25) is 0 Å². The topological polar surface area (TPSA) is 27.7 Å². The van der Waals surface area contributed by atoms with Crippen molar-refractivity contribution in [2.75, 3.05) is 39.5 Å². The Morgan fingerprint density at radius 3 is 0.505 bits per heavy atom. The highest BCUT2D eigenvalue weighted by atomic mass is 16.5. The van der Waals surface area contributed by atoms with Crippen molar-refractivity contribution in [1.82, 2.24) is 0 Å². The molecule has 1 aromatic rings. The SMILES string of the molecule is CCCCCCCCCCCCCCCCCC[N+](CCCCCCCCCCCCCCCCCC)(CCCCCCCCCCCCCCCCCC)Cc1cc(OCCCCCCCCCCCC)c(OCCCCCCCCCCCC)c(OCCCCCCCCCCCC)c1. The molecule has 1 aromatic carbocycles. The van der Waals surface area contributed by atoms with Crippen molar-refractivity contribution >= 4 is 0 Å². The Kier molecular flexibility index (Phi) is 79.8. The molecule has 0 heterocycles. The van der Waals surface area contributed by atoms with Crippen LogP contribution in [0.25, 0.3) is 0 Å². The summed E-state index contributed by atoms with van der Waals surface area (Å²) in [6.07, 6.45) is 109. The van der Waals surface area contributed by atoms with Crippen LogP contribution in [0.1, 0.15) is 548 Å². The highest BCUT2D eigenvalue weighted by Gasteiger charge is 2.29. The molecule has 1 rings (SSSR count). The normalized spacial score (nSPS) is 11.9. The zero-order chi connectivity index (χ0) is 72.4. The van der Waals surface area contributed by atoms with E-state index in [4.69, 9.17) is 14.2 Å². The van der Waals surface area contributed by atoms with Gasteiger partial charge in [-0.2, -0.15) is 0 Å². The third kappa shape index (κ3) is 68.8. The molecule has 0 atom stereocenters. The Balaban J connectivity index is 3.54. The monoisotopic (exact) mass is 1420 g/mol. The fourth-order valence-corrected chi connectivity index (χ4v) is 16.3. The summed E-state index contributed by atoms with van der Waals surface area (Å²) in [6, 6.07) is 5.00. The van der Waals surface area contributed by atoms with Gasteiger partial charge in [0.2, 0.25) is 5.75 Å². The molecule has 4 heteroatoms. The molecule has 0 radical (unpaired) electrons. The number of hydrogen-bond acceptors (Lipinski definition) is 3. The molecule has 0 aliphatic rings. The van der Waals surface area contributed by atoms with E-state index in [9.17, 15) is 0 Å². The fourth-order valence-electron chi connectivity index (χ4n) is 16.3. The molecule has 101 heavy (non-hydrogen) atoms. The molecule has 0 unspecified atom stereocenters. The summed E-state index contributed by atoms with van der Waals surface area (Å²) in [5.74, 6) is 2.87. The van der Waals surface area contributed by atoms with Crippen molar-refractivity contribution < 1.29 is 18.7 Å². The number of benzene rings is 1. The summed E-state index contributed by atoms with van der Waals surface area (Å²) in [4.78, 5) is 0. The number of hydrogen-bond donors (Lipinski definition) is 0. The zero-order valence-electron chi connectivity index (χ0n) is 70.9. The Bertz CT molecular complexity index is 1560. The van der Waals surface area contributed by atoms with E-state index in [1.54, 1.807) is 0 Å². The summed E-state index contributed by atoms with van der Waals surface area (Å²) >= 11 is 0. The van der Waals surface area contributed by atoms with Crippen LogP contribution in [0.5, 0.6) is 17.2 Å². The Hall–Kier alpha value is -1.42. The van der Waals surface area contributed by atoms with Crippen LogP contribution in [-0.2, 0) is 6.54 Å². The highest BCUT2D eigenvalue weighted by molar-refractivity contribution is 5.54. The smallest absolute Gasteiger partial charge is 0.203 e. The van der Waals surface area contributed by atoms with Gasteiger partial charge in [-0.15, -0.1) is 0 Å². The first-order valence-corrected chi connectivity index (χ1v) is 48.0. The Morgan fingerprint density at radius 2 is 0.327 bits per heavy atom. The van der Waals surface area contributed by atoms with Crippen molar-refractivity contribution in [3.05, 3.63) is 17.7 Å². The lowest BCUT2D eigenvalue weighted by Gasteiger charge is -2.40. The first-order chi connectivity index (χ1) is 50.1. The van der Waals surface area contributed by atoms with Crippen LogP contribution >= 0.6 is 0 Å². The summed E-state index contributed by atoms with van der Waals surface area (Å²) in [5.41, 5.74) is 1.44. The maximum absolute atomic E-state index is 7.13. The average molecular weight is 1420 g/mol. The molecule has 0 fully saturated rings. The molecule has 0 saturated heterocycles. The molecule has 600 valence electrons. The number of ether oxygens (including phenoxy) is 3. The molecule has 0 aliphatic heterocycles. The quantitative estimate of drug-likeness (QED) is 0.0481. The zero-order valence-corrected chi connectivity index (χ0v) is 70.9. The second-order valence-corrected chi connectivity index (χ2v) is 33.6. The molecule has 0 saturated carbocycles. The lowest BCUT2D eigenvalue weighted by Crippen LogP contribution is -2.49. The van der Waals surface area contributed by atoms with Crippen molar-refractivity contribution in [2.24, 2.45) is 0 Å². The van der Waals surface area contributed by atoms with Crippen LogP contribution in [0.2, 0.25) is 0 Å². The number of nitrogens with zero attached hydrogens (tertiary/aromatic N) is 1. The van der Waals surface area contributed by atoms with Crippen LogP contribution in [0, 0.1) is 0 Å². The van der Waals surface area contributed by atoms with E-state index in [-0.39, 0.29) is 0 Å². The Morgan fingerprint density at radius 1 is 0.178 bits per heavy atom. The van der Waals surface area contributed by atoms with Gasteiger partial charge in [0.1, 0.15) is 6.54 Å². The highest BCUT2D eigenvalue weighted by Crippen LogP contribution is 2.41. The summed E-state index contributed by atoms with van der Waals surface area (Å²) < 4.78 is 22.6. The van der Waals surface area contributed by atoms with Gasteiger partial charge in [-0.1, -0.05) is 485 Å². The summed E-state index contributed by atoms with van der Waals surface area (Å²) in [7, 11) is 0. The molecular formula is C97H190NO3+. The van der Waals surface area contributed by atoms with Gasteiger partial charge in [0.25, 0.3) is 0 Å². The minimum atomic E-state index is 0.747. The third-order valence-electron chi connectivity index (χ3n) is 23.3. The predicted molar refractivity (Wildman–Crippen MR) is 456 cm³/mol. The second kappa shape index (κ2) is 82.6. The van der Waals surface area contributed by atoms with Gasteiger partial charge in [-0.25, -0.2) is 0 Å². The van der Waals surface area contributed by atoms with E-state index in [1.807, 2.05) is 0 Å². The van der Waals surface area contributed by atoms with Crippen LogP contribution in [-0.4, -0.2) is 43.9 Å². The molecule has 0 bridgehead atoms. The van der Waals surface area contributed by atoms with Crippen molar-refractivity contribution in [1.29, 1.82) is 0 Å². The van der Waals surface area contributed by atoms with E-state index in [1.165, 1.54) is 511 Å².